The zero-order chi connectivity index (χ0) is 18.0. The summed E-state index contributed by atoms with van der Waals surface area (Å²) in [5.74, 6) is -1.43. The highest BCUT2D eigenvalue weighted by atomic mass is 19.1. The lowest BCUT2D eigenvalue weighted by molar-refractivity contribution is -0.123. The molecule has 2 aromatic carbocycles. The zero-order valence-corrected chi connectivity index (χ0v) is 14.1. The molecule has 0 saturated heterocycles. The first-order chi connectivity index (χ1) is 12.0. The maximum absolute atomic E-state index is 13.8. The van der Waals surface area contributed by atoms with Crippen LogP contribution >= 0.6 is 0 Å². The van der Waals surface area contributed by atoms with E-state index < -0.39 is 0 Å². The van der Waals surface area contributed by atoms with E-state index in [1.165, 1.54) is 6.07 Å². The number of benzene rings is 2. The molecule has 0 aromatic heterocycles. The van der Waals surface area contributed by atoms with E-state index in [1.807, 2.05) is 25.1 Å². The molecule has 0 radical (unpaired) electrons. The van der Waals surface area contributed by atoms with Crippen molar-refractivity contribution < 1.29 is 14.0 Å². The van der Waals surface area contributed by atoms with E-state index in [-0.39, 0.29) is 29.5 Å². The molecule has 0 spiro atoms. The molecule has 1 fully saturated rings. The first-order valence-electron chi connectivity index (χ1n) is 8.09. The van der Waals surface area contributed by atoms with Crippen LogP contribution in [-0.4, -0.2) is 25.9 Å². The maximum Gasteiger partial charge on any atom is 0.269 e. The van der Waals surface area contributed by atoms with Gasteiger partial charge >= 0.3 is 0 Å². The molecule has 130 valence electrons. The van der Waals surface area contributed by atoms with Gasteiger partial charge < -0.3 is 4.90 Å². The number of hydrogen-bond acceptors (Lipinski definition) is 3. The van der Waals surface area contributed by atoms with Gasteiger partial charge in [0.15, 0.2) is 0 Å². The number of nitrogens with zero attached hydrogens (tertiary/aromatic N) is 1. The highest BCUT2D eigenvalue weighted by Crippen LogP contribution is 2.48. The molecular formula is C19H20FN3O2. The molecule has 1 saturated carbocycles. The van der Waals surface area contributed by atoms with Crippen LogP contribution in [0.2, 0.25) is 0 Å². The minimum Gasteiger partial charge on any atom is -0.378 e. The molecule has 1 aliphatic carbocycles. The SMILES string of the molecule is CN(C)c1cccc(C(=O)NNC(=O)C2CC2c2ccccc2F)c1. The first kappa shape index (κ1) is 17.0. The number of hydrogen-bond donors (Lipinski definition) is 2. The lowest BCUT2D eigenvalue weighted by Gasteiger charge is -2.13. The molecule has 2 aromatic rings. The molecule has 3 rings (SSSR count). The van der Waals surface area contributed by atoms with Gasteiger partial charge in [-0.1, -0.05) is 24.3 Å². The Morgan fingerprint density at radius 2 is 1.84 bits per heavy atom. The number of amides is 2. The van der Waals surface area contributed by atoms with Crippen LogP contribution in [0.5, 0.6) is 0 Å². The van der Waals surface area contributed by atoms with E-state index in [1.54, 1.807) is 36.4 Å². The van der Waals surface area contributed by atoms with Crippen molar-refractivity contribution in [1.82, 2.24) is 10.9 Å². The van der Waals surface area contributed by atoms with E-state index in [0.29, 0.717) is 17.5 Å². The molecule has 2 N–H and O–H groups in total. The monoisotopic (exact) mass is 341 g/mol. The minimum absolute atomic E-state index is 0.129. The molecule has 1 aliphatic rings. The van der Waals surface area contributed by atoms with Gasteiger partial charge in [0.25, 0.3) is 5.91 Å². The summed E-state index contributed by atoms with van der Waals surface area (Å²) in [5, 5.41) is 0. The summed E-state index contributed by atoms with van der Waals surface area (Å²) < 4.78 is 13.8. The Morgan fingerprint density at radius 1 is 1.08 bits per heavy atom. The number of carbonyl (C=O) groups is 2. The van der Waals surface area contributed by atoms with Gasteiger partial charge in [0.1, 0.15) is 5.82 Å². The highest BCUT2D eigenvalue weighted by Gasteiger charge is 2.45. The number of nitrogens with one attached hydrogen (secondary N) is 2. The van der Waals surface area contributed by atoms with Gasteiger partial charge in [-0.25, -0.2) is 4.39 Å². The standard InChI is InChI=1S/C19H20FN3O2/c1-23(2)13-7-5-6-12(10-13)18(24)21-22-19(25)16-11-15(16)14-8-3-4-9-17(14)20/h3-10,15-16H,11H2,1-2H3,(H,21,24)(H,22,25). The Labute approximate surface area is 145 Å². The van der Waals surface area contributed by atoms with Crippen molar-refractivity contribution in [1.29, 1.82) is 0 Å². The average molecular weight is 341 g/mol. The van der Waals surface area contributed by atoms with Crippen molar-refractivity contribution in [2.24, 2.45) is 5.92 Å². The predicted molar refractivity (Wildman–Crippen MR) is 93.6 cm³/mol. The summed E-state index contributed by atoms with van der Waals surface area (Å²) in [7, 11) is 3.77. The number of hydrazine groups is 1. The second kappa shape index (κ2) is 6.93. The van der Waals surface area contributed by atoms with Gasteiger partial charge in [-0.15, -0.1) is 0 Å². The Balaban J connectivity index is 1.56. The van der Waals surface area contributed by atoms with Crippen LogP contribution in [0.3, 0.4) is 0 Å². The number of carbonyl (C=O) groups excluding carboxylic acids is 2. The fraction of sp³-hybridized carbons (Fsp3) is 0.263. The Morgan fingerprint density at radius 3 is 2.56 bits per heavy atom. The maximum atomic E-state index is 13.8. The molecule has 2 amide bonds. The number of halogens is 1. The third-order valence-corrected chi connectivity index (χ3v) is 4.36. The Bertz CT molecular complexity index is 807. The van der Waals surface area contributed by atoms with Crippen LogP contribution in [-0.2, 0) is 4.79 Å². The largest absolute Gasteiger partial charge is 0.378 e. The van der Waals surface area contributed by atoms with E-state index in [2.05, 4.69) is 10.9 Å². The number of rotatable bonds is 4. The van der Waals surface area contributed by atoms with Gasteiger partial charge in [0.05, 0.1) is 0 Å². The molecule has 6 heteroatoms. The smallest absolute Gasteiger partial charge is 0.269 e. The van der Waals surface area contributed by atoms with Crippen molar-refractivity contribution in [3.63, 3.8) is 0 Å². The van der Waals surface area contributed by atoms with Gasteiger partial charge in [-0.05, 0) is 42.2 Å². The Hall–Kier alpha value is -2.89. The summed E-state index contributed by atoms with van der Waals surface area (Å²) in [6.07, 6.45) is 0.582. The van der Waals surface area contributed by atoms with Crippen LogP contribution in [0.15, 0.2) is 48.5 Å². The fourth-order valence-electron chi connectivity index (χ4n) is 2.81. The second-order valence-electron chi connectivity index (χ2n) is 6.36. The molecule has 0 aliphatic heterocycles. The van der Waals surface area contributed by atoms with Gasteiger partial charge in [0, 0.05) is 31.3 Å². The summed E-state index contributed by atoms with van der Waals surface area (Å²) in [6.45, 7) is 0. The average Bonchev–Trinajstić information content (AvgIpc) is 3.40. The van der Waals surface area contributed by atoms with Gasteiger partial charge in [-0.2, -0.15) is 0 Å². The van der Waals surface area contributed by atoms with Gasteiger partial charge in [0.2, 0.25) is 5.91 Å². The lowest BCUT2D eigenvalue weighted by Crippen LogP contribution is -2.42. The molecule has 25 heavy (non-hydrogen) atoms. The third-order valence-electron chi connectivity index (χ3n) is 4.36. The molecular weight excluding hydrogens is 321 g/mol. The Kier molecular flexibility index (Phi) is 4.70. The van der Waals surface area contributed by atoms with Crippen LogP contribution < -0.4 is 15.8 Å². The van der Waals surface area contributed by atoms with Crippen molar-refractivity contribution >= 4 is 17.5 Å². The highest BCUT2D eigenvalue weighted by molar-refractivity contribution is 5.96. The summed E-state index contributed by atoms with van der Waals surface area (Å²) in [6, 6.07) is 13.5. The summed E-state index contributed by atoms with van der Waals surface area (Å²) in [4.78, 5) is 26.2. The molecule has 5 nitrogen and oxygen atoms in total. The first-order valence-corrected chi connectivity index (χ1v) is 8.09. The van der Waals surface area contributed by atoms with Crippen molar-refractivity contribution in [3.8, 4) is 0 Å². The van der Waals surface area contributed by atoms with Crippen LogP contribution in [0.25, 0.3) is 0 Å². The van der Waals surface area contributed by atoms with E-state index in [4.69, 9.17) is 0 Å². The minimum atomic E-state index is -0.389. The molecule has 2 atom stereocenters. The number of anilines is 1. The van der Waals surface area contributed by atoms with E-state index in [0.717, 1.165) is 5.69 Å². The second-order valence-corrected chi connectivity index (χ2v) is 6.36. The van der Waals surface area contributed by atoms with Crippen LogP contribution in [0, 0.1) is 11.7 Å². The van der Waals surface area contributed by atoms with Gasteiger partial charge in [-0.3, -0.25) is 20.4 Å². The van der Waals surface area contributed by atoms with Crippen LogP contribution in [0.1, 0.15) is 28.3 Å². The zero-order valence-electron chi connectivity index (χ0n) is 14.1. The van der Waals surface area contributed by atoms with Crippen LogP contribution in [0.4, 0.5) is 10.1 Å². The fourth-order valence-corrected chi connectivity index (χ4v) is 2.81. The molecule has 2 unspecified atom stereocenters. The van der Waals surface area contributed by atoms with Crippen molar-refractivity contribution in [2.75, 3.05) is 19.0 Å². The normalized spacial score (nSPS) is 18.4. The molecule has 0 heterocycles. The van der Waals surface area contributed by atoms with E-state index >= 15 is 0 Å². The third kappa shape index (κ3) is 3.79. The quantitative estimate of drug-likeness (QED) is 0.840. The summed E-state index contributed by atoms with van der Waals surface area (Å²) >= 11 is 0. The molecule has 0 bridgehead atoms. The van der Waals surface area contributed by atoms with Crippen molar-refractivity contribution in [2.45, 2.75) is 12.3 Å². The predicted octanol–water partition coefficient (Wildman–Crippen LogP) is 2.46. The lowest BCUT2D eigenvalue weighted by atomic mass is 10.1. The van der Waals surface area contributed by atoms with Crippen molar-refractivity contribution in [3.05, 3.63) is 65.5 Å². The topological polar surface area (TPSA) is 61.4 Å². The van der Waals surface area contributed by atoms with E-state index in [9.17, 15) is 14.0 Å². The summed E-state index contributed by atoms with van der Waals surface area (Å²) in [5.41, 5.74) is 6.75.